The number of benzene rings is 1. The number of aromatic nitrogens is 2. The molecule has 1 aliphatic heterocycles. The number of nitrogens with one attached hydrogen (secondary N) is 1. The van der Waals surface area contributed by atoms with Gasteiger partial charge in [-0.15, -0.1) is 0 Å². The van der Waals surface area contributed by atoms with Crippen molar-refractivity contribution in [3.63, 3.8) is 0 Å². The molecule has 2 heterocycles. The maximum atomic E-state index is 12.2. The normalized spacial score (nSPS) is 17.6. The molecule has 1 aromatic heterocycles. The standard InChI is InChI=1S/C17H18Cl2N4O/c1-11-3-2-6-23(10-11)16-9-20-15(8-21-16)17(24)22-12-4-5-13(18)14(19)7-12/h4-5,7-9,11H,2-3,6,10H2,1H3,(H,22,24). The van der Waals surface area contributed by atoms with Gasteiger partial charge >= 0.3 is 0 Å². The fourth-order valence-electron chi connectivity index (χ4n) is 2.77. The summed E-state index contributed by atoms with van der Waals surface area (Å²) in [4.78, 5) is 23.1. The van der Waals surface area contributed by atoms with Crippen LogP contribution in [-0.4, -0.2) is 29.0 Å². The monoisotopic (exact) mass is 364 g/mol. The van der Waals surface area contributed by atoms with Gasteiger partial charge in [0.15, 0.2) is 0 Å². The van der Waals surface area contributed by atoms with E-state index >= 15 is 0 Å². The van der Waals surface area contributed by atoms with Crippen molar-refractivity contribution in [2.75, 3.05) is 23.3 Å². The minimum Gasteiger partial charge on any atom is -0.355 e. The summed E-state index contributed by atoms with van der Waals surface area (Å²) in [5.41, 5.74) is 0.819. The summed E-state index contributed by atoms with van der Waals surface area (Å²) in [7, 11) is 0. The van der Waals surface area contributed by atoms with Gasteiger partial charge in [-0.2, -0.15) is 0 Å². The van der Waals surface area contributed by atoms with E-state index in [1.807, 2.05) is 0 Å². The molecule has 1 fully saturated rings. The molecule has 24 heavy (non-hydrogen) atoms. The molecule has 5 nitrogen and oxygen atoms in total. The van der Waals surface area contributed by atoms with Crippen LogP contribution in [0.2, 0.25) is 10.0 Å². The van der Waals surface area contributed by atoms with Crippen LogP contribution in [0.1, 0.15) is 30.3 Å². The molecule has 0 bridgehead atoms. The lowest BCUT2D eigenvalue weighted by atomic mass is 10.0. The van der Waals surface area contributed by atoms with Gasteiger partial charge in [-0.25, -0.2) is 9.97 Å². The number of piperidine rings is 1. The van der Waals surface area contributed by atoms with E-state index in [9.17, 15) is 4.79 Å². The third-order valence-corrected chi connectivity index (χ3v) is 4.77. The number of hydrogen-bond acceptors (Lipinski definition) is 4. The van der Waals surface area contributed by atoms with Crippen molar-refractivity contribution < 1.29 is 4.79 Å². The topological polar surface area (TPSA) is 58.1 Å². The van der Waals surface area contributed by atoms with Crippen molar-refractivity contribution >= 4 is 40.6 Å². The molecule has 1 atom stereocenters. The SMILES string of the molecule is CC1CCCN(c2cnc(C(=O)Nc3ccc(Cl)c(Cl)c3)cn2)C1. The molecule has 1 unspecified atom stereocenters. The van der Waals surface area contributed by atoms with Crippen molar-refractivity contribution in [3.05, 3.63) is 46.3 Å². The van der Waals surface area contributed by atoms with Crippen LogP contribution in [-0.2, 0) is 0 Å². The molecular weight excluding hydrogens is 347 g/mol. The Kier molecular flexibility index (Phi) is 5.21. The van der Waals surface area contributed by atoms with Gasteiger partial charge in [0.25, 0.3) is 5.91 Å². The molecule has 0 aliphatic carbocycles. The van der Waals surface area contributed by atoms with Gasteiger partial charge in [-0.05, 0) is 37.0 Å². The number of nitrogens with zero attached hydrogens (tertiary/aromatic N) is 3. The zero-order chi connectivity index (χ0) is 17.1. The highest BCUT2D eigenvalue weighted by Gasteiger charge is 2.18. The molecular formula is C17H18Cl2N4O. The van der Waals surface area contributed by atoms with E-state index in [1.165, 1.54) is 12.6 Å². The predicted molar refractivity (Wildman–Crippen MR) is 97.1 cm³/mol. The van der Waals surface area contributed by atoms with Crippen LogP contribution >= 0.6 is 23.2 Å². The van der Waals surface area contributed by atoms with E-state index in [0.29, 0.717) is 21.7 Å². The van der Waals surface area contributed by atoms with Crippen LogP contribution < -0.4 is 10.2 Å². The summed E-state index contributed by atoms with van der Waals surface area (Å²) in [5, 5.41) is 3.56. The fourth-order valence-corrected chi connectivity index (χ4v) is 3.07. The van der Waals surface area contributed by atoms with Crippen molar-refractivity contribution in [2.45, 2.75) is 19.8 Å². The number of halogens is 2. The molecule has 0 spiro atoms. The third kappa shape index (κ3) is 3.97. The molecule has 1 saturated heterocycles. The van der Waals surface area contributed by atoms with E-state index < -0.39 is 0 Å². The minimum absolute atomic E-state index is 0.259. The molecule has 7 heteroatoms. The number of amides is 1. The summed E-state index contributed by atoms with van der Waals surface area (Å²) in [6.45, 7) is 4.19. The molecule has 126 valence electrons. The van der Waals surface area contributed by atoms with Gasteiger partial charge in [0.05, 0.1) is 22.4 Å². The van der Waals surface area contributed by atoms with Crippen LogP contribution in [0, 0.1) is 5.92 Å². The lowest BCUT2D eigenvalue weighted by molar-refractivity contribution is 0.102. The first-order chi connectivity index (χ1) is 11.5. The predicted octanol–water partition coefficient (Wildman–Crippen LogP) is 4.27. The van der Waals surface area contributed by atoms with E-state index in [1.54, 1.807) is 24.4 Å². The second kappa shape index (κ2) is 7.36. The summed E-state index contributed by atoms with van der Waals surface area (Å²) < 4.78 is 0. The summed E-state index contributed by atoms with van der Waals surface area (Å²) >= 11 is 11.8. The Morgan fingerprint density at radius 2 is 2.08 bits per heavy atom. The largest absolute Gasteiger partial charge is 0.355 e. The Hall–Kier alpha value is -1.85. The molecule has 2 aromatic rings. The number of hydrogen-bond donors (Lipinski definition) is 1. The molecule has 1 aromatic carbocycles. The van der Waals surface area contributed by atoms with Crippen LogP contribution in [0.5, 0.6) is 0 Å². The van der Waals surface area contributed by atoms with Crippen molar-refractivity contribution in [1.29, 1.82) is 0 Å². The Morgan fingerprint density at radius 3 is 2.75 bits per heavy atom. The lowest BCUT2D eigenvalue weighted by Crippen LogP contribution is -2.35. The van der Waals surface area contributed by atoms with Crippen LogP contribution in [0.3, 0.4) is 0 Å². The van der Waals surface area contributed by atoms with Crippen molar-refractivity contribution in [2.24, 2.45) is 5.92 Å². The number of carbonyl (C=O) groups excluding carboxylic acids is 1. The van der Waals surface area contributed by atoms with E-state index in [2.05, 4.69) is 27.1 Å². The Morgan fingerprint density at radius 1 is 1.25 bits per heavy atom. The summed E-state index contributed by atoms with van der Waals surface area (Å²) in [5.74, 6) is 1.13. The highest BCUT2D eigenvalue weighted by molar-refractivity contribution is 6.42. The van der Waals surface area contributed by atoms with Crippen LogP contribution in [0.25, 0.3) is 0 Å². The number of rotatable bonds is 3. The zero-order valence-corrected chi connectivity index (χ0v) is 14.8. The Balaban J connectivity index is 1.68. The van der Waals surface area contributed by atoms with Crippen molar-refractivity contribution in [1.82, 2.24) is 9.97 Å². The molecule has 0 radical (unpaired) electrons. The second-order valence-corrected chi connectivity index (χ2v) is 6.85. The molecule has 0 saturated carbocycles. The van der Waals surface area contributed by atoms with Gasteiger partial charge in [-0.3, -0.25) is 4.79 Å². The maximum absolute atomic E-state index is 12.2. The minimum atomic E-state index is -0.334. The fraction of sp³-hybridized carbons (Fsp3) is 0.353. The van der Waals surface area contributed by atoms with E-state index in [0.717, 1.165) is 25.3 Å². The van der Waals surface area contributed by atoms with E-state index in [-0.39, 0.29) is 11.6 Å². The average Bonchev–Trinajstić information content (AvgIpc) is 2.58. The van der Waals surface area contributed by atoms with Crippen LogP contribution in [0.4, 0.5) is 11.5 Å². The number of carbonyl (C=O) groups is 1. The first-order valence-corrected chi connectivity index (χ1v) is 8.62. The van der Waals surface area contributed by atoms with E-state index in [4.69, 9.17) is 23.2 Å². The van der Waals surface area contributed by atoms with Gasteiger partial charge in [0, 0.05) is 18.8 Å². The Bertz CT molecular complexity index is 736. The maximum Gasteiger partial charge on any atom is 0.275 e. The summed E-state index contributed by atoms with van der Waals surface area (Å²) in [6.07, 6.45) is 5.56. The highest BCUT2D eigenvalue weighted by atomic mass is 35.5. The first kappa shape index (κ1) is 17.0. The second-order valence-electron chi connectivity index (χ2n) is 6.04. The average molecular weight is 365 g/mol. The van der Waals surface area contributed by atoms with Gasteiger partial charge in [0.1, 0.15) is 11.5 Å². The number of anilines is 2. The highest BCUT2D eigenvalue weighted by Crippen LogP contribution is 2.25. The summed E-state index contributed by atoms with van der Waals surface area (Å²) in [6, 6.07) is 4.91. The third-order valence-electron chi connectivity index (χ3n) is 4.03. The quantitative estimate of drug-likeness (QED) is 0.883. The lowest BCUT2D eigenvalue weighted by Gasteiger charge is -2.31. The Labute approximate surface area is 151 Å². The van der Waals surface area contributed by atoms with Crippen molar-refractivity contribution in [3.8, 4) is 0 Å². The van der Waals surface area contributed by atoms with Crippen LogP contribution in [0.15, 0.2) is 30.6 Å². The van der Waals surface area contributed by atoms with Gasteiger partial charge in [-0.1, -0.05) is 30.1 Å². The molecule has 1 amide bonds. The molecule has 3 rings (SSSR count). The smallest absolute Gasteiger partial charge is 0.275 e. The zero-order valence-electron chi connectivity index (χ0n) is 13.3. The first-order valence-electron chi connectivity index (χ1n) is 7.86. The van der Waals surface area contributed by atoms with Gasteiger partial charge < -0.3 is 10.2 Å². The molecule has 1 aliphatic rings. The molecule has 1 N–H and O–H groups in total. The van der Waals surface area contributed by atoms with Gasteiger partial charge in [0.2, 0.25) is 0 Å².